The molecule has 1 aromatic heterocycles. The summed E-state index contributed by atoms with van der Waals surface area (Å²) in [7, 11) is 0. The first-order valence-electron chi connectivity index (χ1n) is 7.09. The van der Waals surface area contributed by atoms with Crippen LogP contribution in [0, 0.1) is 0 Å². The van der Waals surface area contributed by atoms with Crippen LogP contribution in [0.15, 0.2) is 18.2 Å². The van der Waals surface area contributed by atoms with Crippen molar-refractivity contribution >= 4 is 17.0 Å². The van der Waals surface area contributed by atoms with E-state index in [1.165, 1.54) is 0 Å². The molecule has 1 saturated heterocycles. The van der Waals surface area contributed by atoms with Gasteiger partial charge in [0, 0.05) is 6.61 Å². The van der Waals surface area contributed by atoms with Crippen LogP contribution >= 0.6 is 0 Å². The van der Waals surface area contributed by atoms with Crippen LogP contribution in [0.4, 0.5) is 0 Å². The standard InChI is InChI=1S/C15H18N2O4/c1-9(18)8-17-12-5-4-10(15(19)20)7-11(12)16-14(17)13-3-2-6-21-13/h4-5,7,9,13,18H,2-3,6,8H2,1H3,(H,19,20). The Hall–Kier alpha value is -1.92. The molecule has 0 spiro atoms. The number of nitrogens with zero attached hydrogens (tertiary/aromatic N) is 2. The minimum Gasteiger partial charge on any atom is -0.478 e. The van der Waals surface area contributed by atoms with Crippen molar-refractivity contribution < 1.29 is 19.7 Å². The number of aromatic carboxylic acids is 1. The van der Waals surface area contributed by atoms with Gasteiger partial charge < -0.3 is 19.5 Å². The maximum Gasteiger partial charge on any atom is 0.335 e. The molecule has 1 aliphatic heterocycles. The number of ether oxygens (including phenoxy) is 1. The molecule has 3 rings (SSSR count). The van der Waals surface area contributed by atoms with E-state index in [0.717, 1.165) is 24.2 Å². The fourth-order valence-electron chi connectivity index (χ4n) is 2.76. The lowest BCUT2D eigenvalue weighted by molar-refractivity contribution is 0.0697. The number of aromatic nitrogens is 2. The van der Waals surface area contributed by atoms with E-state index in [9.17, 15) is 9.90 Å². The summed E-state index contributed by atoms with van der Waals surface area (Å²) >= 11 is 0. The van der Waals surface area contributed by atoms with Crippen molar-refractivity contribution in [2.45, 2.75) is 38.5 Å². The highest BCUT2D eigenvalue weighted by Crippen LogP contribution is 2.31. The van der Waals surface area contributed by atoms with Gasteiger partial charge in [-0.1, -0.05) is 0 Å². The quantitative estimate of drug-likeness (QED) is 0.899. The summed E-state index contributed by atoms with van der Waals surface area (Å²) in [6.07, 6.45) is 1.30. The van der Waals surface area contributed by atoms with Crippen molar-refractivity contribution in [2.75, 3.05) is 6.61 Å². The molecule has 0 aliphatic carbocycles. The van der Waals surface area contributed by atoms with E-state index in [2.05, 4.69) is 4.98 Å². The zero-order chi connectivity index (χ0) is 15.0. The van der Waals surface area contributed by atoms with Crippen LogP contribution in [-0.4, -0.2) is 38.4 Å². The zero-order valence-corrected chi connectivity index (χ0v) is 11.8. The average molecular weight is 290 g/mol. The molecule has 112 valence electrons. The Balaban J connectivity index is 2.12. The molecule has 2 unspecified atom stereocenters. The lowest BCUT2D eigenvalue weighted by Gasteiger charge is -2.14. The van der Waals surface area contributed by atoms with Crippen molar-refractivity contribution in [3.8, 4) is 0 Å². The lowest BCUT2D eigenvalue weighted by atomic mass is 10.2. The molecule has 1 aliphatic rings. The minimum atomic E-state index is -0.972. The first-order valence-corrected chi connectivity index (χ1v) is 7.09. The highest BCUT2D eigenvalue weighted by molar-refractivity contribution is 5.92. The van der Waals surface area contributed by atoms with Gasteiger partial charge in [0.15, 0.2) is 0 Å². The topological polar surface area (TPSA) is 84.6 Å². The normalized spacial score (nSPS) is 20.0. The van der Waals surface area contributed by atoms with Gasteiger partial charge in [0.05, 0.1) is 29.2 Å². The van der Waals surface area contributed by atoms with Crippen LogP contribution in [0.3, 0.4) is 0 Å². The monoisotopic (exact) mass is 290 g/mol. The molecule has 1 aromatic carbocycles. The molecule has 0 saturated carbocycles. The highest BCUT2D eigenvalue weighted by atomic mass is 16.5. The van der Waals surface area contributed by atoms with Crippen molar-refractivity contribution in [2.24, 2.45) is 0 Å². The first kappa shape index (κ1) is 14.0. The molecular weight excluding hydrogens is 272 g/mol. The number of imidazole rings is 1. The van der Waals surface area contributed by atoms with Gasteiger partial charge in [-0.3, -0.25) is 0 Å². The third-order valence-corrected chi connectivity index (χ3v) is 3.69. The van der Waals surface area contributed by atoms with Gasteiger partial charge in [-0.25, -0.2) is 9.78 Å². The Morgan fingerprint density at radius 1 is 1.57 bits per heavy atom. The van der Waals surface area contributed by atoms with Crippen LogP contribution in [-0.2, 0) is 11.3 Å². The number of carboxylic acid groups (broad SMARTS) is 1. The second-order valence-corrected chi connectivity index (χ2v) is 5.44. The fourth-order valence-corrected chi connectivity index (χ4v) is 2.76. The Morgan fingerprint density at radius 2 is 2.38 bits per heavy atom. The molecule has 1 fully saturated rings. The largest absolute Gasteiger partial charge is 0.478 e. The molecule has 2 N–H and O–H groups in total. The Bertz CT molecular complexity index is 672. The molecule has 6 nitrogen and oxygen atoms in total. The third kappa shape index (κ3) is 2.64. The van der Waals surface area contributed by atoms with E-state index in [4.69, 9.17) is 9.84 Å². The van der Waals surface area contributed by atoms with Crippen LogP contribution in [0.1, 0.15) is 42.1 Å². The number of aliphatic hydroxyl groups excluding tert-OH is 1. The number of aliphatic hydroxyl groups is 1. The maximum absolute atomic E-state index is 11.1. The second kappa shape index (κ2) is 5.46. The number of carbonyl (C=O) groups is 1. The van der Waals surface area contributed by atoms with Crippen LogP contribution < -0.4 is 0 Å². The maximum atomic E-state index is 11.1. The first-order chi connectivity index (χ1) is 10.1. The lowest BCUT2D eigenvalue weighted by Crippen LogP contribution is -2.16. The smallest absolute Gasteiger partial charge is 0.335 e. The number of hydrogen-bond acceptors (Lipinski definition) is 4. The number of benzene rings is 1. The fraction of sp³-hybridized carbons (Fsp3) is 0.467. The summed E-state index contributed by atoms with van der Waals surface area (Å²) in [5.74, 6) is -0.202. The van der Waals surface area contributed by atoms with Gasteiger partial charge in [-0.2, -0.15) is 0 Å². The average Bonchev–Trinajstić information content (AvgIpc) is 3.05. The van der Waals surface area contributed by atoms with E-state index in [-0.39, 0.29) is 11.7 Å². The van der Waals surface area contributed by atoms with Crippen molar-refractivity contribution in [1.29, 1.82) is 0 Å². The number of rotatable bonds is 4. The number of fused-ring (bicyclic) bond motifs is 1. The molecule has 2 atom stereocenters. The number of carboxylic acids is 1. The van der Waals surface area contributed by atoms with E-state index in [0.29, 0.717) is 18.7 Å². The SMILES string of the molecule is CC(O)Cn1c(C2CCCO2)nc2cc(C(=O)O)ccc21. The molecular formula is C15H18N2O4. The molecule has 0 amide bonds. The predicted octanol–water partition coefficient (Wildman–Crippen LogP) is 1.97. The summed E-state index contributed by atoms with van der Waals surface area (Å²) in [5, 5.41) is 18.8. The Labute approximate surface area is 122 Å². The molecule has 2 heterocycles. The van der Waals surface area contributed by atoms with Gasteiger partial charge in [-0.05, 0) is 38.0 Å². The molecule has 0 radical (unpaired) electrons. The van der Waals surface area contributed by atoms with Gasteiger partial charge in [0.25, 0.3) is 0 Å². The molecule has 2 aromatic rings. The Kier molecular flexibility index (Phi) is 3.65. The van der Waals surface area contributed by atoms with Gasteiger partial charge in [0.1, 0.15) is 11.9 Å². The van der Waals surface area contributed by atoms with E-state index in [1.807, 2.05) is 4.57 Å². The van der Waals surface area contributed by atoms with Crippen molar-refractivity contribution in [1.82, 2.24) is 9.55 Å². The highest BCUT2D eigenvalue weighted by Gasteiger charge is 2.25. The van der Waals surface area contributed by atoms with Crippen LogP contribution in [0.25, 0.3) is 11.0 Å². The van der Waals surface area contributed by atoms with Crippen molar-refractivity contribution in [3.05, 3.63) is 29.6 Å². The molecule has 21 heavy (non-hydrogen) atoms. The van der Waals surface area contributed by atoms with Crippen LogP contribution in [0.2, 0.25) is 0 Å². The third-order valence-electron chi connectivity index (χ3n) is 3.69. The van der Waals surface area contributed by atoms with Gasteiger partial charge in [-0.15, -0.1) is 0 Å². The van der Waals surface area contributed by atoms with E-state index in [1.54, 1.807) is 25.1 Å². The summed E-state index contributed by atoms with van der Waals surface area (Å²) < 4.78 is 7.62. The summed E-state index contributed by atoms with van der Waals surface area (Å²) in [6.45, 7) is 2.85. The summed E-state index contributed by atoms with van der Waals surface area (Å²) in [6, 6.07) is 4.87. The molecule has 0 bridgehead atoms. The molecule has 6 heteroatoms. The van der Waals surface area contributed by atoms with E-state index < -0.39 is 12.1 Å². The van der Waals surface area contributed by atoms with Gasteiger partial charge >= 0.3 is 5.97 Å². The van der Waals surface area contributed by atoms with E-state index >= 15 is 0 Å². The zero-order valence-electron chi connectivity index (χ0n) is 11.8. The summed E-state index contributed by atoms with van der Waals surface area (Å²) in [4.78, 5) is 15.6. The Morgan fingerprint density at radius 3 is 3.00 bits per heavy atom. The predicted molar refractivity (Wildman–Crippen MR) is 76.3 cm³/mol. The van der Waals surface area contributed by atoms with Crippen molar-refractivity contribution in [3.63, 3.8) is 0 Å². The number of hydrogen-bond donors (Lipinski definition) is 2. The minimum absolute atomic E-state index is 0.0792. The second-order valence-electron chi connectivity index (χ2n) is 5.44. The van der Waals surface area contributed by atoms with Crippen LogP contribution in [0.5, 0.6) is 0 Å². The summed E-state index contributed by atoms with van der Waals surface area (Å²) in [5.41, 5.74) is 1.66. The van der Waals surface area contributed by atoms with Gasteiger partial charge in [0.2, 0.25) is 0 Å².